The second-order valence-corrected chi connectivity index (χ2v) is 8.25. The van der Waals surface area contributed by atoms with Crippen LogP contribution < -0.4 is 15.0 Å². The second kappa shape index (κ2) is 9.89. The lowest BCUT2D eigenvalue weighted by Crippen LogP contribution is -2.53. The van der Waals surface area contributed by atoms with Gasteiger partial charge >= 0.3 is 6.03 Å². The summed E-state index contributed by atoms with van der Waals surface area (Å²) in [7, 11) is 1.66. The normalized spacial score (nSPS) is 18.6. The summed E-state index contributed by atoms with van der Waals surface area (Å²) in [5, 5.41) is 3.05. The van der Waals surface area contributed by atoms with Crippen LogP contribution in [-0.4, -0.2) is 74.7 Å². The molecule has 7 nitrogen and oxygen atoms in total. The minimum absolute atomic E-state index is 0.0761. The first-order valence-corrected chi connectivity index (χ1v) is 11.0. The zero-order valence-corrected chi connectivity index (χ0v) is 18.3. The SMILES string of the molecule is COc1cccc(N2CCC(CNC(=O)N3CCN(C(=O)c4ccccc4F)CC3)C2)c1. The zero-order valence-electron chi connectivity index (χ0n) is 18.3. The number of hydrogen-bond donors (Lipinski definition) is 1. The van der Waals surface area contributed by atoms with Crippen LogP contribution in [-0.2, 0) is 0 Å². The van der Waals surface area contributed by atoms with E-state index in [-0.39, 0.29) is 17.5 Å². The maximum absolute atomic E-state index is 13.9. The summed E-state index contributed by atoms with van der Waals surface area (Å²) in [6, 6.07) is 13.9. The number of urea groups is 1. The smallest absolute Gasteiger partial charge is 0.317 e. The van der Waals surface area contributed by atoms with Gasteiger partial charge in [-0.15, -0.1) is 0 Å². The van der Waals surface area contributed by atoms with Crippen molar-refractivity contribution < 1.29 is 18.7 Å². The number of nitrogens with one attached hydrogen (secondary N) is 1. The molecule has 2 fully saturated rings. The van der Waals surface area contributed by atoms with E-state index in [9.17, 15) is 14.0 Å². The Kier molecular flexibility index (Phi) is 6.78. The van der Waals surface area contributed by atoms with Crippen molar-refractivity contribution in [2.75, 3.05) is 57.8 Å². The van der Waals surface area contributed by atoms with Gasteiger partial charge in [0.25, 0.3) is 5.91 Å². The molecule has 2 aliphatic heterocycles. The fraction of sp³-hybridized carbons (Fsp3) is 0.417. The fourth-order valence-corrected chi connectivity index (χ4v) is 4.30. The first-order chi connectivity index (χ1) is 15.5. The highest BCUT2D eigenvalue weighted by Gasteiger charge is 2.28. The number of carbonyl (C=O) groups excluding carboxylic acids is 2. The van der Waals surface area contributed by atoms with Gasteiger partial charge in [-0.1, -0.05) is 18.2 Å². The number of nitrogens with zero attached hydrogens (tertiary/aromatic N) is 3. The van der Waals surface area contributed by atoms with Gasteiger partial charge in [0.2, 0.25) is 0 Å². The molecule has 32 heavy (non-hydrogen) atoms. The van der Waals surface area contributed by atoms with Gasteiger partial charge in [-0.25, -0.2) is 9.18 Å². The summed E-state index contributed by atoms with van der Waals surface area (Å²) in [4.78, 5) is 30.8. The lowest BCUT2D eigenvalue weighted by atomic mass is 10.1. The predicted molar refractivity (Wildman–Crippen MR) is 121 cm³/mol. The van der Waals surface area contributed by atoms with Crippen molar-refractivity contribution in [3.63, 3.8) is 0 Å². The number of amides is 3. The number of carbonyl (C=O) groups is 2. The zero-order chi connectivity index (χ0) is 22.5. The highest BCUT2D eigenvalue weighted by atomic mass is 19.1. The van der Waals surface area contributed by atoms with Crippen molar-refractivity contribution in [3.8, 4) is 5.75 Å². The monoisotopic (exact) mass is 440 g/mol. The first kappa shape index (κ1) is 21.9. The van der Waals surface area contributed by atoms with Gasteiger partial charge in [-0.3, -0.25) is 4.79 Å². The molecule has 1 N–H and O–H groups in total. The van der Waals surface area contributed by atoms with Crippen LogP contribution in [0.25, 0.3) is 0 Å². The van der Waals surface area contributed by atoms with Gasteiger partial charge in [-0.2, -0.15) is 0 Å². The maximum atomic E-state index is 13.9. The Bertz CT molecular complexity index is 962. The van der Waals surface area contributed by atoms with E-state index in [1.807, 2.05) is 18.2 Å². The van der Waals surface area contributed by atoms with E-state index in [0.717, 1.165) is 30.9 Å². The Hall–Kier alpha value is -3.29. The van der Waals surface area contributed by atoms with Crippen LogP contribution in [0.1, 0.15) is 16.8 Å². The third-order valence-electron chi connectivity index (χ3n) is 6.20. The molecule has 0 aliphatic carbocycles. The summed E-state index contributed by atoms with van der Waals surface area (Å²) < 4.78 is 19.2. The van der Waals surface area contributed by atoms with E-state index in [2.05, 4.69) is 16.3 Å². The summed E-state index contributed by atoms with van der Waals surface area (Å²) in [6.45, 7) is 4.12. The molecule has 2 aliphatic rings. The van der Waals surface area contributed by atoms with Crippen molar-refractivity contribution in [2.24, 2.45) is 5.92 Å². The predicted octanol–water partition coefficient (Wildman–Crippen LogP) is 2.83. The van der Waals surface area contributed by atoms with Crippen LogP contribution in [0.2, 0.25) is 0 Å². The van der Waals surface area contributed by atoms with E-state index >= 15 is 0 Å². The van der Waals surface area contributed by atoms with Gasteiger partial charge in [0.1, 0.15) is 11.6 Å². The van der Waals surface area contributed by atoms with E-state index in [0.29, 0.717) is 38.6 Å². The molecule has 2 aromatic carbocycles. The number of piperazine rings is 1. The van der Waals surface area contributed by atoms with E-state index in [1.54, 1.807) is 29.0 Å². The van der Waals surface area contributed by atoms with Gasteiger partial charge in [0.05, 0.1) is 12.7 Å². The lowest BCUT2D eigenvalue weighted by Gasteiger charge is -2.35. The quantitative estimate of drug-likeness (QED) is 0.777. The third kappa shape index (κ3) is 4.95. The van der Waals surface area contributed by atoms with Crippen molar-refractivity contribution in [1.82, 2.24) is 15.1 Å². The molecule has 0 radical (unpaired) electrons. The van der Waals surface area contributed by atoms with Crippen molar-refractivity contribution in [2.45, 2.75) is 6.42 Å². The van der Waals surface area contributed by atoms with E-state index in [4.69, 9.17) is 4.74 Å². The molecule has 0 aromatic heterocycles. The topological polar surface area (TPSA) is 65.1 Å². The van der Waals surface area contributed by atoms with Crippen LogP contribution in [0, 0.1) is 11.7 Å². The molecule has 170 valence electrons. The molecule has 8 heteroatoms. The minimum Gasteiger partial charge on any atom is -0.497 e. The molecular formula is C24H29FN4O3. The molecule has 3 amide bonds. The molecule has 4 rings (SSSR count). The van der Waals surface area contributed by atoms with E-state index < -0.39 is 5.82 Å². The van der Waals surface area contributed by atoms with Crippen LogP contribution in [0.4, 0.5) is 14.9 Å². The van der Waals surface area contributed by atoms with Crippen LogP contribution in [0.15, 0.2) is 48.5 Å². The molecule has 1 atom stereocenters. The van der Waals surface area contributed by atoms with Crippen LogP contribution in [0.5, 0.6) is 5.75 Å². The minimum atomic E-state index is -0.516. The molecular weight excluding hydrogens is 411 g/mol. The molecule has 0 saturated carbocycles. The average molecular weight is 441 g/mol. The van der Waals surface area contributed by atoms with Crippen molar-refractivity contribution >= 4 is 17.6 Å². The standard InChI is InChI=1S/C24H29FN4O3/c1-32-20-6-4-5-19(15-20)29-10-9-18(17-29)16-26-24(31)28-13-11-27(12-14-28)23(30)21-7-2-3-8-22(21)25/h2-8,15,18H,9-14,16-17H2,1H3,(H,26,31). The number of hydrogen-bond acceptors (Lipinski definition) is 4. The fourth-order valence-electron chi connectivity index (χ4n) is 4.30. The summed E-state index contributed by atoms with van der Waals surface area (Å²) in [6.07, 6.45) is 1.02. The third-order valence-corrected chi connectivity index (χ3v) is 6.20. The summed E-state index contributed by atoms with van der Waals surface area (Å²) >= 11 is 0. The van der Waals surface area contributed by atoms with Crippen molar-refractivity contribution in [1.29, 1.82) is 0 Å². The molecule has 2 heterocycles. The number of anilines is 1. The summed E-state index contributed by atoms with van der Waals surface area (Å²) in [5.41, 5.74) is 1.21. The molecule has 2 aromatic rings. The Morgan fingerprint density at radius 3 is 2.53 bits per heavy atom. The Morgan fingerprint density at radius 2 is 1.78 bits per heavy atom. The number of rotatable bonds is 5. The number of ether oxygens (including phenoxy) is 1. The number of methoxy groups -OCH3 is 1. The lowest BCUT2D eigenvalue weighted by molar-refractivity contribution is 0.0660. The van der Waals surface area contributed by atoms with Gasteiger partial charge in [0, 0.05) is 57.6 Å². The van der Waals surface area contributed by atoms with Gasteiger partial charge < -0.3 is 24.8 Å². The number of halogens is 1. The van der Waals surface area contributed by atoms with Gasteiger partial charge in [0.15, 0.2) is 0 Å². The molecule has 2 saturated heterocycles. The number of benzene rings is 2. The maximum Gasteiger partial charge on any atom is 0.317 e. The van der Waals surface area contributed by atoms with E-state index in [1.165, 1.54) is 12.1 Å². The van der Waals surface area contributed by atoms with Crippen LogP contribution >= 0.6 is 0 Å². The van der Waals surface area contributed by atoms with Crippen molar-refractivity contribution in [3.05, 3.63) is 59.9 Å². The summed E-state index contributed by atoms with van der Waals surface area (Å²) in [5.74, 6) is 0.380. The second-order valence-electron chi connectivity index (χ2n) is 8.25. The Balaban J connectivity index is 1.22. The highest BCUT2D eigenvalue weighted by molar-refractivity contribution is 5.94. The highest BCUT2D eigenvalue weighted by Crippen LogP contribution is 2.26. The molecule has 1 unspecified atom stereocenters. The Morgan fingerprint density at radius 1 is 1.03 bits per heavy atom. The van der Waals surface area contributed by atoms with Crippen LogP contribution in [0.3, 0.4) is 0 Å². The molecule has 0 spiro atoms. The molecule has 0 bridgehead atoms. The largest absolute Gasteiger partial charge is 0.497 e. The van der Waals surface area contributed by atoms with Gasteiger partial charge in [-0.05, 0) is 36.6 Å². The Labute approximate surface area is 187 Å². The average Bonchev–Trinajstić information content (AvgIpc) is 3.32. The first-order valence-electron chi connectivity index (χ1n) is 11.0.